The van der Waals surface area contributed by atoms with E-state index in [0.29, 0.717) is 23.4 Å². The molecule has 2 aliphatic rings. The van der Waals surface area contributed by atoms with Crippen LogP contribution >= 0.6 is 0 Å². The fourth-order valence-electron chi connectivity index (χ4n) is 5.54. The molecule has 0 bridgehead atoms. The number of para-hydroxylation sites is 1. The number of Topliss-reactive ketones (excluding diaryl/α,β-unsaturated/α-hetero) is 1. The number of nitrogens with zero attached hydrogens (tertiary/aromatic N) is 1. The van der Waals surface area contributed by atoms with Crippen molar-refractivity contribution in [3.63, 3.8) is 0 Å². The van der Waals surface area contributed by atoms with E-state index in [2.05, 4.69) is 5.32 Å². The maximum Gasteiger partial charge on any atom is 0.251 e. The number of carbonyl (C=O) groups excluding carboxylic acids is 2. The molecule has 2 aliphatic heterocycles. The number of ketones is 1. The highest BCUT2D eigenvalue weighted by molar-refractivity contribution is 6.16. The van der Waals surface area contributed by atoms with E-state index in [9.17, 15) is 33.0 Å². The highest BCUT2D eigenvalue weighted by Gasteiger charge is 2.70. The summed E-state index contributed by atoms with van der Waals surface area (Å²) in [5.74, 6) is -7.12. The van der Waals surface area contributed by atoms with Gasteiger partial charge in [0.15, 0.2) is 34.7 Å². The van der Waals surface area contributed by atoms with Crippen LogP contribution in [0.1, 0.15) is 27.9 Å². The zero-order chi connectivity index (χ0) is 24.4. The van der Waals surface area contributed by atoms with E-state index in [1.165, 1.54) is 18.2 Å². The molecule has 0 aromatic heterocycles. The van der Waals surface area contributed by atoms with E-state index in [4.69, 9.17) is 0 Å². The molecule has 3 aromatic carbocycles. The minimum atomic E-state index is -1.78. The molecule has 1 spiro atoms. The summed E-state index contributed by atoms with van der Waals surface area (Å²) in [6, 6.07) is 11.7. The van der Waals surface area contributed by atoms with Gasteiger partial charge in [0.2, 0.25) is 0 Å². The van der Waals surface area contributed by atoms with Crippen molar-refractivity contribution < 1.29 is 33.0 Å². The number of nitrogens with one attached hydrogen (secondary N) is 1. The Labute approximate surface area is 192 Å². The smallest absolute Gasteiger partial charge is 0.251 e. The molecule has 0 aliphatic carbocycles. The van der Waals surface area contributed by atoms with Crippen molar-refractivity contribution in [1.82, 2.24) is 4.90 Å². The zero-order valence-electron chi connectivity index (χ0n) is 17.9. The van der Waals surface area contributed by atoms with Gasteiger partial charge in [0.1, 0.15) is 5.54 Å². The number of likely N-dealkylation sites (tertiary alicyclic amines) is 1. The van der Waals surface area contributed by atoms with Gasteiger partial charge < -0.3 is 15.5 Å². The first kappa shape index (κ1) is 22.0. The third kappa shape index (κ3) is 2.61. The Hall–Kier alpha value is -3.85. The van der Waals surface area contributed by atoms with Gasteiger partial charge in [0, 0.05) is 23.4 Å². The summed E-state index contributed by atoms with van der Waals surface area (Å²) in [6.45, 7) is 0.237. The number of likely N-dealkylation sites (N-methyl/N-ethyl adjacent to an activating group) is 1. The lowest BCUT2D eigenvalue weighted by Crippen LogP contribution is -2.60. The van der Waals surface area contributed by atoms with Crippen LogP contribution in [-0.4, -0.2) is 40.4 Å². The molecule has 1 amide bonds. The summed E-state index contributed by atoms with van der Waals surface area (Å²) in [5, 5.41) is 22.9. The van der Waals surface area contributed by atoms with Gasteiger partial charge >= 0.3 is 0 Å². The summed E-state index contributed by atoms with van der Waals surface area (Å²) in [4.78, 5) is 29.6. The summed E-state index contributed by atoms with van der Waals surface area (Å²) in [6.07, 6.45) is 0.0366. The molecule has 1 saturated heterocycles. The van der Waals surface area contributed by atoms with E-state index >= 15 is 0 Å². The lowest BCUT2D eigenvalue weighted by Gasteiger charge is -2.44. The second kappa shape index (κ2) is 7.33. The van der Waals surface area contributed by atoms with Gasteiger partial charge in [0.25, 0.3) is 5.91 Å². The van der Waals surface area contributed by atoms with Crippen LogP contribution in [0, 0.1) is 17.5 Å². The molecule has 0 radical (unpaired) electrons. The molecule has 9 heteroatoms. The molecule has 174 valence electrons. The average molecular weight is 468 g/mol. The highest BCUT2D eigenvalue weighted by Crippen LogP contribution is 2.59. The number of halogens is 3. The van der Waals surface area contributed by atoms with Crippen molar-refractivity contribution in [2.75, 3.05) is 18.9 Å². The average Bonchev–Trinajstić information content (AvgIpc) is 3.29. The van der Waals surface area contributed by atoms with Crippen LogP contribution in [0.3, 0.4) is 0 Å². The summed E-state index contributed by atoms with van der Waals surface area (Å²) >= 11 is 0. The number of benzene rings is 3. The van der Waals surface area contributed by atoms with Gasteiger partial charge in [-0.3, -0.25) is 14.5 Å². The number of amides is 1. The summed E-state index contributed by atoms with van der Waals surface area (Å²) in [5.41, 5.74) is -2.78. The molecule has 6 nitrogen and oxygen atoms in total. The van der Waals surface area contributed by atoms with Crippen molar-refractivity contribution in [3.8, 4) is 11.5 Å². The standard InChI is InChI=1S/C25H19F3N2O4/c1-30-9-8-24(14-6-7-19(31)20(32)12-14,22(33)13-10-16(26)21(28)17(27)11-13)25(30)15-4-2-3-5-18(15)29-23(25)34/h2-7,10-12,31-32H,8-9H2,1H3,(H,29,34). The lowest BCUT2D eigenvalue weighted by atomic mass is 9.59. The number of hydrogen-bond acceptors (Lipinski definition) is 5. The molecule has 0 saturated carbocycles. The largest absolute Gasteiger partial charge is 0.504 e. The van der Waals surface area contributed by atoms with E-state index in [1.54, 1.807) is 36.2 Å². The van der Waals surface area contributed by atoms with Crippen molar-refractivity contribution in [2.24, 2.45) is 0 Å². The first-order valence-corrected chi connectivity index (χ1v) is 10.5. The number of hydrogen-bond donors (Lipinski definition) is 3. The Balaban J connectivity index is 1.87. The van der Waals surface area contributed by atoms with Crippen molar-refractivity contribution in [1.29, 1.82) is 0 Å². The first-order valence-electron chi connectivity index (χ1n) is 10.5. The molecule has 3 aromatic rings. The summed E-state index contributed by atoms with van der Waals surface area (Å²) in [7, 11) is 1.66. The van der Waals surface area contributed by atoms with Gasteiger partial charge in [-0.2, -0.15) is 0 Å². The van der Waals surface area contributed by atoms with Gasteiger partial charge in [-0.15, -0.1) is 0 Å². The highest BCUT2D eigenvalue weighted by atomic mass is 19.2. The quantitative estimate of drug-likeness (QED) is 0.309. The Morgan fingerprint density at radius 3 is 2.35 bits per heavy atom. The van der Waals surface area contributed by atoms with Crippen molar-refractivity contribution >= 4 is 17.4 Å². The fraction of sp³-hybridized carbons (Fsp3) is 0.200. The van der Waals surface area contributed by atoms with Gasteiger partial charge in [-0.1, -0.05) is 24.3 Å². The van der Waals surface area contributed by atoms with Crippen LogP contribution in [0.4, 0.5) is 18.9 Å². The molecule has 5 rings (SSSR count). The normalized spacial score (nSPS) is 23.8. The van der Waals surface area contributed by atoms with E-state index in [0.717, 1.165) is 0 Å². The maximum absolute atomic E-state index is 14.2. The van der Waals surface area contributed by atoms with Crippen LogP contribution in [0.5, 0.6) is 11.5 Å². The zero-order valence-corrected chi connectivity index (χ0v) is 17.9. The minimum Gasteiger partial charge on any atom is -0.504 e. The predicted molar refractivity (Wildman–Crippen MR) is 116 cm³/mol. The number of rotatable bonds is 3. The Kier molecular flexibility index (Phi) is 4.73. The molecule has 2 unspecified atom stereocenters. The van der Waals surface area contributed by atoms with E-state index in [1.807, 2.05) is 0 Å². The topological polar surface area (TPSA) is 89.9 Å². The van der Waals surface area contributed by atoms with E-state index < -0.39 is 57.2 Å². The maximum atomic E-state index is 14.2. The van der Waals surface area contributed by atoms with Gasteiger partial charge in [-0.05, 0) is 49.4 Å². The van der Waals surface area contributed by atoms with Crippen molar-refractivity contribution in [3.05, 3.63) is 88.7 Å². The monoisotopic (exact) mass is 468 g/mol. The number of carbonyl (C=O) groups is 2. The second-order valence-corrected chi connectivity index (χ2v) is 8.57. The number of phenolic OH excluding ortho intramolecular Hbond substituents is 2. The van der Waals surface area contributed by atoms with Gasteiger partial charge in [-0.25, -0.2) is 13.2 Å². The molecule has 1 fully saturated rings. The molecule has 2 heterocycles. The van der Waals surface area contributed by atoms with Crippen LogP contribution in [0.15, 0.2) is 54.6 Å². The second-order valence-electron chi connectivity index (χ2n) is 8.57. The van der Waals surface area contributed by atoms with Crippen LogP contribution in [0.25, 0.3) is 0 Å². The van der Waals surface area contributed by atoms with E-state index in [-0.39, 0.29) is 18.5 Å². The Morgan fingerprint density at radius 2 is 1.68 bits per heavy atom. The molecule has 34 heavy (non-hydrogen) atoms. The number of fused-ring (bicyclic) bond motifs is 2. The molecular weight excluding hydrogens is 449 g/mol. The van der Waals surface area contributed by atoms with Gasteiger partial charge in [0.05, 0.1) is 5.41 Å². The molecule has 3 N–H and O–H groups in total. The molecular formula is C25H19F3N2O4. The molecule has 2 atom stereocenters. The van der Waals surface area contributed by atoms with Crippen LogP contribution in [0.2, 0.25) is 0 Å². The van der Waals surface area contributed by atoms with Crippen molar-refractivity contribution in [2.45, 2.75) is 17.4 Å². The Bertz CT molecular complexity index is 1360. The number of phenols is 2. The number of aromatic hydroxyl groups is 2. The third-order valence-electron chi connectivity index (χ3n) is 7.01. The lowest BCUT2D eigenvalue weighted by molar-refractivity contribution is -0.127. The third-order valence-corrected chi connectivity index (χ3v) is 7.01. The summed E-state index contributed by atoms with van der Waals surface area (Å²) < 4.78 is 42.0. The fourth-order valence-corrected chi connectivity index (χ4v) is 5.54. The Morgan fingerprint density at radius 1 is 1.00 bits per heavy atom. The SMILES string of the molecule is CN1CCC(C(=O)c2cc(F)c(F)c(F)c2)(c2ccc(O)c(O)c2)C12C(=O)Nc1ccccc12. The first-order chi connectivity index (χ1) is 16.1. The minimum absolute atomic E-state index is 0.0366. The predicted octanol–water partition coefficient (Wildman–Crippen LogP) is 3.82. The number of anilines is 1. The van der Waals surface area contributed by atoms with Crippen LogP contribution < -0.4 is 5.32 Å². The van der Waals surface area contributed by atoms with Crippen LogP contribution in [-0.2, 0) is 15.7 Å².